The molecule has 3 aromatic rings. The molecular formula is C25H29ClN2O. The molecule has 0 aliphatic heterocycles. The number of benzene rings is 2. The number of halogens is 1. The van der Waals surface area contributed by atoms with Crippen LogP contribution in [0.1, 0.15) is 43.4 Å². The molecule has 2 aromatic carbocycles. The summed E-state index contributed by atoms with van der Waals surface area (Å²) in [6, 6.07) is 19.3. The highest BCUT2D eigenvalue weighted by Gasteiger charge is 2.17. The minimum atomic E-state index is 0.645. The molecule has 0 amide bonds. The van der Waals surface area contributed by atoms with Gasteiger partial charge in [0.1, 0.15) is 5.75 Å². The highest BCUT2D eigenvalue weighted by molar-refractivity contribution is 6.30. The lowest BCUT2D eigenvalue weighted by molar-refractivity contribution is 0.372. The van der Waals surface area contributed by atoms with Crippen molar-refractivity contribution in [1.29, 1.82) is 0 Å². The van der Waals surface area contributed by atoms with Crippen LogP contribution in [0.2, 0.25) is 5.02 Å². The van der Waals surface area contributed by atoms with Gasteiger partial charge in [-0.2, -0.15) is 0 Å². The Kier molecular flexibility index (Phi) is 6.27. The van der Waals surface area contributed by atoms with E-state index in [4.69, 9.17) is 16.3 Å². The molecule has 1 fully saturated rings. The minimum Gasteiger partial charge on any atom is -0.497 e. The molecule has 4 rings (SSSR count). The molecule has 1 N–H and O–H groups in total. The van der Waals surface area contributed by atoms with Gasteiger partial charge in [0.25, 0.3) is 0 Å². The van der Waals surface area contributed by atoms with Gasteiger partial charge in [-0.15, -0.1) is 0 Å². The van der Waals surface area contributed by atoms with Gasteiger partial charge in [0, 0.05) is 29.0 Å². The minimum absolute atomic E-state index is 0.645. The molecule has 1 aliphatic carbocycles. The number of nitrogens with one attached hydrogen (secondary N) is 1. The maximum absolute atomic E-state index is 6.13. The summed E-state index contributed by atoms with van der Waals surface area (Å²) in [5.41, 5.74) is 6.10. The van der Waals surface area contributed by atoms with Crippen molar-refractivity contribution in [2.24, 2.45) is 0 Å². The summed E-state index contributed by atoms with van der Waals surface area (Å²) < 4.78 is 7.67. The van der Waals surface area contributed by atoms with E-state index < -0.39 is 0 Å². The van der Waals surface area contributed by atoms with Gasteiger partial charge in [0.05, 0.1) is 12.8 Å². The molecule has 0 bridgehead atoms. The van der Waals surface area contributed by atoms with Crippen LogP contribution in [0.15, 0.2) is 54.6 Å². The molecule has 3 nitrogen and oxygen atoms in total. The molecule has 1 saturated carbocycles. The van der Waals surface area contributed by atoms with Gasteiger partial charge in [-0.25, -0.2) is 0 Å². The van der Waals surface area contributed by atoms with Gasteiger partial charge < -0.3 is 14.6 Å². The van der Waals surface area contributed by atoms with Gasteiger partial charge in [-0.05, 0) is 73.4 Å². The second-order valence-electron chi connectivity index (χ2n) is 7.90. The van der Waals surface area contributed by atoms with E-state index in [0.717, 1.165) is 28.6 Å². The van der Waals surface area contributed by atoms with Crippen molar-refractivity contribution in [3.8, 4) is 22.7 Å². The molecule has 0 saturated heterocycles. The van der Waals surface area contributed by atoms with Gasteiger partial charge in [0.15, 0.2) is 0 Å². The Balaban J connectivity index is 1.69. The summed E-state index contributed by atoms with van der Waals surface area (Å²) in [4.78, 5) is 0. The quantitative estimate of drug-likeness (QED) is 0.501. The first-order valence-electron chi connectivity index (χ1n) is 10.5. The number of rotatable bonds is 6. The van der Waals surface area contributed by atoms with Crippen LogP contribution in [0, 0.1) is 6.92 Å². The lowest BCUT2D eigenvalue weighted by Gasteiger charge is -2.22. The standard InChI is InChI=1S/C25H29ClN2O/c1-18-20(17-27-22-6-4-3-5-7-22)16-25(19-8-10-21(26)11-9-19)28(18)23-12-14-24(29-2)15-13-23/h8-16,22,27H,3-7,17H2,1-2H3. The third kappa shape index (κ3) is 4.52. The molecule has 0 unspecified atom stereocenters. The fourth-order valence-electron chi connectivity index (χ4n) is 4.30. The smallest absolute Gasteiger partial charge is 0.119 e. The average molecular weight is 409 g/mol. The number of methoxy groups -OCH3 is 1. The van der Waals surface area contributed by atoms with Crippen LogP contribution in [0.25, 0.3) is 16.9 Å². The first-order valence-corrected chi connectivity index (χ1v) is 10.9. The molecule has 152 valence electrons. The fraction of sp³-hybridized carbons (Fsp3) is 0.360. The zero-order valence-corrected chi connectivity index (χ0v) is 18.0. The molecule has 29 heavy (non-hydrogen) atoms. The number of hydrogen-bond donors (Lipinski definition) is 1. The summed E-state index contributed by atoms with van der Waals surface area (Å²) in [7, 11) is 1.70. The van der Waals surface area contributed by atoms with E-state index in [-0.39, 0.29) is 0 Å². The van der Waals surface area contributed by atoms with E-state index in [1.54, 1.807) is 7.11 Å². The Bertz CT molecular complexity index is 938. The third-order valence-corrected chi connectivity index (χ3v) is 6.26. The van der Waals surface area contributed by atoms with E-state index in [2.05, 4.69) is 47.1 Å². The van der Waals surface area contributed by atoms with E-state index in [1.165, 1.54) is 49.1 Å². The van der Waals surface area contributed by atoms with Crippen LogP contribution in [-0.4, -0.2) is 17.7 Å². The van der Waals surface area contributed by atoms with E-state index >= 15 is 0 Å². The van der Waals surface area contributed by atoms with Crippen molar-refractivity contribution in [3.63, 3.8) is 0 Å². The van der Waals surface area contributed by atoms with E-state index in [1.807, 2.05) is 24.3 Å². The SMILES string of the molecule is COc1ccc(-n2c(-c3ccc(Cl)cc3)cc(CNC3CCCCC3)c2C)cc1. The van der Waals surface area contributed by atoms with Gasteiger partial charge in [0.2, 0.25) is 0 Å². The fourth-order valence-corrected chi connectivity index (χ4v) is 4.42. The molecule has 1 heterocycles. The number of aromatic nitrogens is 1. The zero-order chi connectivity index (χ0) is 20.2. The number of hydrogen-bond acceptors (Lipinski definition) is 2. The van der Waals surface area contributed by atoms with E-state index in [0.29, 0.717) is 6.04 Å². The summed E-state index contributed by atoms with van der Waals surface area (Å²) in [6.07, 6.45) is 6.66. The molecule has 1 aliphatic rings. The lowest BCUT2D eigenvalue weighted by atomic mass is 9.95. The predicted octanol–water partition coefficient (Wildman–Crippen LogP) is 6.54. The Morgan fingerprint density at radius 3 is 2.34 bits per heavy atom. The second kappa shape index (κ2) is 9.06. The van der Waals surface area contributed by atoms with Crippen molar-refractivity contribution >= 4 is 11.6 Å². The Labute approximate surface area is 178 Å². The molecular weight excluding hydrogens is 380 g/mol. The van der Waals surface area contributed by atoms with Crippen molar-refractivity contribution in [3.05, 3.63) is 70.9 Å². The maximum Gasteiger partial charge on any atom is 0.119 e. The van der Waals surface area contributed by atoms with Gasteiger partial charge >= 0.3 is 0 Å². The van der Waals surface area contributed by atoms with Crippen molar-refractivity contribution in [2.75, 3.05) is 7.11 Å². The van der Waals surface area contributed by atoms with Crippen LogP contribution >= 0.6 is 11.6 Å². The van der Waals surface area contributed by atoms with Crippen LogP contribution in [0.3, 0.4) is 0 Å². The van der Waals surface area contributed by atoms with Gasteiger partial charge in [-0.3, -0.25) is 0 Å². The summed E-state index contributed by atoms with van der Waals surface area (Å²) >= 11 is 6.13. The highest BCUT2D eigenvalue weighted by Crippen LogP contribution is 2.31. The zero-order valence-electron chi connectivity index (χ0n) is 17.2. The number of nitrogens with zero attached hydrogens (tertiary/aromatic N) is 1. The van der Waals surface area contributed by atoms with Crippen molar-refractivity contribution in [2.45, 2.75) is 51.6 Å². The second-order valence-corrected chi connectivity index (χ2v) is 8.33. The van der Waals surface area contributed by atoms with E-state index in [9.17, 15) is 0 Å². The predicted molar refractivity (Wildman–Crippen MR) is 121 cm³/mol. The molecule has 1 aromatic heterocycles. The number of ether oxygens (including phenoxy) is 1. The average Bonchev–Trinajstić information content (AvgIpc) is 3.10. The normalized spacial score (nSPS) is 14.9. The van der Waals surface area contributed by atoms with Gasteiger partial charge in [-0.1, -0.05) is 43.0 Å². The largest absolute Gasteiger partial charge is 0.497 e. The first kappa shape index (κ1) is 20.1. The summed E-state index contributed by atoms with van der Waals surface area (Å²) in [5.74, 6) is 0.866. The summed E-state index contributed by atoms with van der Waals surface area (Å²) in [6.45, 7) is 3.11. The van der Waals surface area contributed by atoms with Crippen LogP contribution < -0.4 is 10.1 Å². The summed E-state index contributed by atoms with van der Waals surface area (Å²) in [5, 5.41) is 4.55. The van der Waals surface area contributed by atoms with Crippen LogP contribution in [0.4, 0.5) is 0 Å². The maximum atomic E-state index is 6.13. The monoisotopic (exact) mass is 408 g/mol. The molecule has 0 spiro atoms. The topological polar surface area (TPSA) is 26.2 Å². The molecule has 0 atom stereocenters. The lowest BCUT2D eigenvalue weighted by Crippen LogP contribution is -2.30. The Morgan fingerprint density at radius 1 is 1.00 bits per heavy atom. The Morgan fingerprint density at radius 2 is 1.69 bits per heavy atom. The first-order chi connectivity index (χ1) is 14.2. The third-order valence-electron chi connectivity index (χ3n) is 6.01. The molecule has 0 radical (unpaired) electrons. The highest BCUT2D eigenvalue weighted by atomic mass is 35.5. The van der Waals surface area contributed by atoms with Crippen molar-refractivity contribution < 1.29 is 4.74 Å². The molecule has 4 heteroatoms. The Hall–Kier alpha value is -2.23. The van der Waals surface area contributed by atoms with Crippen molar-refractivity contribution in [1.82, 2.24) is 9.88 Å². The van der Waals surface area contributed by atoms with Crippen LogP contribution in [0.5, 0.6) is 5.75 Å². The van der Waals surface area contributed by atoms with Crippen LogP contribution in [-0.2, 0) is 6.54 Å².